The lowest BCUT2D eigenvalue weighted by Crippen LogP contribution is -2.57. The highest BCUT2D eigenvalue weighted by Gasteiger charge is 2.36. The average Bonchev–Trinajstić information content (AvgIpc) is 2.40. The Morgan fingerprint density at radius 1 is 1.04 bits per heavy atom. The molecule has 0 aliphatic heterocycles. The van der Waals surface area contributed by atoms with E-state index < -0.39 is 41.1 Å². The van der Waals surface area contributed by atoms with Gasteiger partial charge in [-0.3, -0.25) is 4.79 Å². The molecular formula is C16H30N2O5S. The second kappa shape index (κ2) is 9.15. The summed E-state index contributed by atoms with van der Waals surface area (Å²) in [5.74, 6) is -0.609. The van der Waals surface area contributed by atoms with Gasteiger partial charge in [0.25, 0.3) is 0 Å². The molecule has 0 spiro atoms. The fourth-order valence-electron chi connectivity index (χ4n) is 1.83. The van der Waals surface area contributed by atoms with E-state index in [4.69, 9.17) is 9.47 Å². The Kier molecular flexibility index (Phi) is 8.60. The van der Waals surface area contributed by atoms with Gasteiger partial charge >= 0.3 is 12.1 Å². The molecule has 0 bridgehead atoms. The summed E-state index contributed by atoms with van der Waals surface area (Å²) in [5, 5.41) is 5.22. The van der Waals surface area contributed by atoms with Crippen LogP contribution in [0.15, 0.2) is 0 Å². The zero-order valence-electron chi connectivity index (χ0n) is 15.8. The topological polar surface area (TPSA) is 93.7 Å². The van der Waals surface area contributed by atoms with Gasteiger partial charge in [0, 0.05) is 5.75 Å². The summed E-state index contributed by atoms with van der Waals surface area (Å²) in [6, 6.07) is -1.64. The van der Waals surface area contributed by atoms with Crippen molar-refractivity contribution >= 4 is 29.7 Å². The minimum Gasteiger partial charge on any atom is -0.467 e. The normalized spacial score (nSPS) is 14.3. The lowest BCUT2D eigenvalue weighted by atomic mass is 9.86. The standard InChI is InChI=1S/C16H30N2O5S/c1-15(2,3)11(18-14(21)23-16(4,5)6)12(19)17-10(9-24-8)13(20)22-7/h10-11H,9H2,1-8H3,(H,17,19)(H,18,21). The Morgan fingerprint density at radius 3 is 1.96 bits per heavy atom. The molecule has 140 valence electrons. The number of hydrogen-bond donors (Lipinski definition) is 2. The summed E-state index contributed by atoms with van der Waals surface area (Å²) >= 11 is 1.41. The minimum atomic E-state index is -0.860. The van der Waals surface area contributed by atoms with Crippen LogP contribution >= 0.6 is 11.8 Å². The molecule has 0 saturated heterocycles. The van der Waals surface area contributed by atoms with E-state index in [1.165, 1.54) is 18.9 Å². The van der Waals surface area contributed by atoms with Gasteiger partial charge in [-0.15, -0.1) is 0 Å². The molecule has 0 aromatic heterocycles. The summed E-state index contributed by atoms with van der Waals surface area (Å²) in [5.41, 5.74) is -1.24. The first-order valence-electron chi connectivity index (χ1n) is 7.68. The Bertz CT molecular complexity index is 454. The molecule has 0 aliphatic rings. The van der Waals surface area contributed by atoms with Crippen LogP contribution in [-0.4, -0.2) is 54.8 Å². The van der Waals surface area contributed by atoms with E-state index in [0.717, 1.165) is 0 Å². The Balaban J connectivity index is 5.14. The molecule has 2 N–H and O–H groups in total. The van der Waals surface area contributed by atoms with Gasteiger partial charge < -0.3 is 20.1 Å². The Morgan fingerprint density at radius 2 is 1.58 bits per heavy atom. The van der Waals surface area contributed by atoms with Crippen molar-refractivity contribution in [2.24, 2.45) is 5.41 Å². The number of carbonyl (C=O) groups is 3. The van der Waals surface area contributed by atoms with Crippen molar-refractivity contribution in [2.75, 3.05) is 19.1 Å². The molecule has 0 rings (SSSR count). The molecule has 7 nitrogen and oxygen atoms in total. The summed E-state index contributed by atoms with van der Waals surface area (Å²) in [6.45, 7) is 10.7. The number of nitrogens with one attached hydrogen (secondary N) is 2. The molecule has 0 saturated carbocycles. The zero-order chi connectivity index (χ0) is 19.1. The lowest BCUT2D eigenvalue weighted by Gasteiger charge is -2.32. The zero-order valence-corrected chi connectivity index (χ0v) is 16.6. The molecule has 0 radical (unpaired) electrons. The summed E-state index contributed by atoms with van der Waals surface area (Å²) in [7, 11) is 1.27. The molecule has 24 heavy (non-hydrogen) atoms. The number of rotatable bonds is 6. The van der Waals surface area contributed by atoms with E-state index >= 15 is 0 Å². The van der Waals surface area contributed by atoms with E-state index in [-0.39, 0.29) is 0 Å². The van der Waals surface area contributed by atoms with Crippen LogP contribution in [0, 0.1) is 5.41 Å². The van der Waals surface area contributed by atoms with Crippen molar-refractivity contribution in [1.29, 1.82) is 0 Å². The van der Waals surface area contributed by atoms with Crippen molar-refractivity contribution in [3.63, 3.8) is 0 Å². The smallest absolute Gasteiger partial charge is 0.408 e. The van der Waals surface area contributed by atoms with E-state index in [0.29, 0.717) is 5.75 Å². The maximum absolute atomic E-state index is 12.6. The summed E-state index contributed by atoms with van der Waals surface area (Å²) < 4.78 is 9.91. The van der Waals surface area contributed by atoms with Crippen LogP contribution in [0.4, 0.5) is 4.79 Å². The fraction of sp³-hybridized carbons (Fsp3) is 0.812. The molecule has 0 fully saturated rings. The maximum Gasteiger partial charge on any atom is 0.408 e. The SMILES string of the molecule is COC(=O)C(CSC)NC(=O)C(NC(=O)OC(C)(C)C)C(C)(C)C. The van der Waals surface area contributed by atoms with Gasteiger partial charge in [0.1, 0.15) is 17.7 Å². The van der Waals surface area contributed by atoms with Crippen LogP contribution in [0.2, 0.25) is 0 Å². The van der Waals surface area contributed by atoms with E-state index in [1.54, 1.807) is 20.8 Å². The van der Waals surface area contributed by atoms with Gasteiger partial charge in [0.05, 0.1) is 7.11 Å². The molecule has 8 heteroatoms. The molecule has 0 aromatic rings. The molecule has 2 amide bonds. The van der Waals surface area contributed by atoms with Crippen molar-refractivity contribution in [1.82, 2.24) is 10.6 Å². The van der Waals surface area contributed by atoms with E-state index in [2.05, 4.69) is 10.6 Å². The predicted molar refractivity (Wildman–Crippen MR) is 94.9 cm³/mol. The number of esters is 1. The first-order valence-corrected chi connectivity index (χ1v) is 9.08. The van der Waals surface area contributed by atoms with Crippen molar-refractivity contribution in [2.45, 2.75) is 59.2 Å². The van der Waals surface area contributed by atoms with E-state index in [1.807, 2.05) is 27.0 Å². The van der Waals surface area contributed by atoms with Crippen molar-refractivity contribution in [3.8, 4) is 0 Å². The number of alkyl carbamates (subject to hydrolysis) is 1. The molecular weight excluding hydrogens is 332 g/mol. The predicted octanol–water partition coefficient (Wildman–Crippen LogP) is 1.95. The lowest BCUT2D eigenvalue weighted by molar-refractivity contribution is -0.144. The van der Waals surface area contributed by atoms with Crippen LogP contribution in [-0.2, 0) is 19.1 Å². The van der Waals surface area contributed by atoms with Gasteiger partial charge in [-0.1, -0.05) is 20.8 Å². The van der Waals surface area contributed by atoms with Gasteiger partial charge in [0.15, 0.2) is 0 Å². The van der Waals surface area contributed by atoms with Gasteiger partial charge in [0.2, 0.25) is 5.91 Å². The van der Waals surface area contributed by atoms with Gasteiger partial charge in [-0.25, -0.2) is 9.59 Å². The first kappa shape index (κ1) is 22.6. The monoisotopic (exact) mass is 362 g/mol. The van der Waals surface area contributed by atoms with Gasteiger partial charge in [-0.2, -0.15) is 11.8 Å². The number of methoxy groups -OCH3 is 1. The van der Waals surface area contributed by atoms with Gasteiger partial charge in [-0.05, 0) is 32.4 Å². The highest BCUT2D eigenvalue weighted by molar-refractivity contribution is 7.98. The van der Waals surface area contributed by atoms with Crippen molar-refractivity contribution in [3.05, 3.63) is 0 Å². The van der Waals surface area contributed by atoms with Crippen LogP contribution in [0.1, 0.15) is 41.5 Å². The number of hydrogen-bond acceptors (Lipinski definition) is 6. The third-order valence-corrected chi connectivity index (χ3v) is 3.59. The van der Waals surface area contributed by atoms with E-state index in [9.17, 15) is 14.4 Å². The van der Waals surface area contributed by atoms with Crippen LogP contribution in [0.25, 0.3) is 0 Å². The Hall–Kier alpha value is -1.44. The number of ether oxygens (including phenoxy) is 2. The quantitative estimate of drug-likeness (QED) is 0.702. The second-order valence-electron chi connectivity index (χ2n) is 7.48. The number of thioether (sulfide) groups is 1. The molecule has 0 aromatic carbocycles. The third kappa shape index (κ3) is 8.42. The average molecular weight is 362 g/mol. The van der Waals surface area contributed by atoms with Crippen LogP contribution < -0.4 is 10.6 Å². The second-order valence-corrected chi connectivity index (χ2v) is 8.40. The molecule has 0 heterocycles. The maximum atomic E-state index is 12.6. The minimum absolute atomic E-state index is 0.377. The fourth-order valence-corrected chi connectivity index (χ4v) is 2.39. The molecule has 0 aliphatic carbocycles. The summed E-state index contributed by atoms with van der Waals surface area (Å²) in [4.78, 5) is 36.4. The highest BCUT2D eigenvalue weighted by Crippen LogP contribution is 2.20. The Labute approximate surface area is 148 Å². The van der Waals surface area contributed by atoms with Crippen LogP contribution in [0.5, 0.6) is 0 Å². The summed E-state index contributed by atoms with van der Waals surface area (Å²) in [6.07, 6.45) is 1.14. The molecule has 2 atom stereocenters. The first-order chi connectivity index (χ1) is 10.8. The largest absolute Gasteiger partial charge is 0.467 e. The molecule has 2 unspecified atom stereocenters. The highest BCUT2D eigenvalue weighted by atomic mass is 32.2. The van der Waals surface area contributed by atoms with Crippen LogP contribution in [0.3, 0.4) is 0 Å². The van der Waals surface area contributed by atoms with Crippen molar-refractivity contribution < 1.29 is 23.9 Å². The number of carbonyl (C=O) groups excluding carboxylic acids is 3. The number of amides is 2. The third-order valence-electron chi connectivity index (χ3n) is 2.92.